The third kappa shape index (κ3) is 4.52. The van der Waals surface area contributed by atoms with Crippen molar-refractivity contribution in [3.05, 3.63) is 24.0 Å². The molecule has 15 heavy (non-hydrogen) atoms. The minimum atomic E-state index is -4.52. The lowest BCUT2D eigenvalue weighted by Crippen LogP contribution is -2.07. The van der Waals surface area contributed by atoms with Crippen LogP contribution in [0.25, 0.3) is 0 Å². The van der Waals surface area contributed by atoms with Crippen LogP contribution in [0.4, 0.5) is 0 Å². The quantitative estimate of drug-likeness (QED) is 0.753. The smallest absolute Gasteiger partial charge is 0.360 e. The molecule has 0 bridgehead atoms. The van der Waals surface area contributed by atoms with Crippen molar-refractivity contribution in [3.63, 3.8) is 0 Å². The second-order valence-electron chi connectivity index (χ2n) is 2.88. The number of pyridine rings is 1. The lowest BCUT2D eigenvalue weighted by atomic mass is 10.2. The molecule has 1 heterocycles. The fourth-order valence-corrected chi connectivity index (χ4v) is 1.28. The van der Waals surface area contributed by atoms with Gasteiger partial charge in [-0.1, -0.05) is 0 Å². The highest BCUT2D eigenvalue weighted by atomic mass is 32.3. The molecule has 6 nitrogen and oxygen atoms in total. The van der Waals surface area contributed by atoms with Crippen LogP contribution in [-0.4, -0.2) is 23.7 Å². The number of rotatable bonds is 4. The summed E-state index contributed by atoms with van der Waals surface area (Å²) >= 11 is 0. The molecule has 1 rings (SSSR count). The Labute approximate surface area is 86.9 Å². The Morgan fingerprint density at radius 3 is 2.60 bits per heavy atom. The summed E-state index contributed by atoms with van der Waals surface area (Å²) < 4.78 is 33.1. The molecule has 0 saturated carbocycles. The Hall–Kier alpha value is -1.47. The topological polar surface area (TPSA) is 93.6 Å². The second kappa shape index (κ2) is 4.37. The standard InChI is InChI=1S/C8H9NO5S/c1-6(10)4-7-2-3-8(5-9-7)14-15(11,12)13/h2-3,5H,4H2,1H3,(H,11,12,13). The average molecular weight is 231 g/mol. The highest BCUT2D eigenvalue weighted by Crippen LogP contribution is 2.11. The Morgan fingerprint density at radius 1 is 1.53 bits per heavy atom. The summed E-state index contributed by atoms with van der Waals surface area (Å²) in [5, 5.41) is 0. The van der Waals surface area contributed by atoms with Crippen LogP contribution in [0, 0.1) is 0 Å². The summed E-state index contributed by atoms with van der Waals surface area (Å²) in [4.78, 5) is 14.5. The molecule has 0 radical (unpaired) electrons. The normalized spacial score (nSPS) is 11.1. The van der Waals surface area contributed by atoms with E-state index < -0.39 is 10.4 Å². The van der Waals surface area contributed by atoms with E-state index in [-0.39, 0.29) is 18.0 Å². The Morgan fingerprint density at radius 2 is 2.20 bits per heavy atom. The zero-order valence-corrected chi connectivity index (χ0v) is 8.69. The van der Waals surface area contributed by atoms with E-state index in [1.807, 2.05) is 0 Å². The lowest BCUT2D eigenvalue weighted by molar-refractivity contribution is -0.116. The molecule has 0 fully saturated rings. The molecular weight excluding hydrogens is 222 g/mol. The SMILES string of the molecule is CC(=O)Cc1ccc(OS(=O)(=O)O)cn1. The second-order valence-corrected chi connectivity index (χ2v) is 3.90. The van der Waals surface area contributed by atoms with Crippen LogP contribution in [0.15, 0.2) is 18.3 Å². The zero-order chi connectivity index (χ0) is 11.5. The van der Waals surface area contributed by atoms with Crippen LogP contribution in [0.2, 0.25) is 0 Å². The molecule has 82 valence electrons. The first kappa shape index (κ1) is 11.6. The van der Waals surface area contributed by atoms with Gasteiger partial charge in [0.05, 0.1) is 6.20 Å². The van der Waals surface area contributed by atoms with Gasteiger partial charge in [0, 0.05) is 12.1 Å². The van der Waals surface area contributed by atoms with Crippen molar-refractivity contribution in [3.8, 4) is 5.75 Å². The highest BCUT2D eigenvalue weighted by Gasteiger charge is 2.07. The van der Waals surface area contributed by atoms with E-state index in [2.05, 4.69) is 9.17 Å². The Bertz CT molecular complexity index is 450. The van der Waals surface area contributed by atoms with E-state index >= 15 is 0 Å². The number of aromatic nitrogens is 1. The van der Waals surface area contributed by atoms with Gasteiger partial charge in [0.15, 0.2) is 5.75 Å². The molecule has 0 spiro atoms. The summed E-state index contributed by atoms with van der Waals surface area (Å²) in [7, 11) is -4.52. The molecule has 1 N–H and O–H groups in total. The van der Waals surface area contributed by atoms with Gasteiger partial charge in [-0.2, -0.15) is 8.42 Å². The van der Waals surface area contributed by atoms with E-state index in [1.165, 1.54) is 19.1 Å². The maximum absolute atomic E-state index is 10.7. The molecular formula is C8H9NO5S. The van der Waals surface area contributed by atoms with Gasteiger partial charge < -0.3 is 4.18 Å². The molecule has 0 saturated heterocycles. The van der Waals surface area contributed by atoms with Crippen molar-refractivity contribution in [2.45, 2.75) is 13.3 Å². The van der Waals surface area contributed by atoms with E-state index in [1.54, 1.807) is 0 Å². The maximum Gasteiger partial charge on any atom is 0.446 e. The van der Waals surface area contributed by atoms with Gasteiger partial charge in [0.1, 0.15) is 5.78 Å². The molecule has 0 aliphatic carbocycles. The highest BCUT2D eigenvalue weighted by molar-refractivity contribution is 7.81. The van der Waals surface area contributed by atoms with Gasteiger partial charge in [-0.15, -0.1) is 0 Å². The Kier molecular flexibility index (Phi) is 3.38. The molecule has 0 atom stereocenters. The fraction of sp³-hybridized carbons (Fsp3) is 0.250. The van der Waals surface area contributed by atoms with Crippen molar-refractivity contribution in [1.29, 1.82) is 0 Å². The molecule has 0 amide bonds. The van der Waals surface area contributed by atoms with Crippen LogP contribution in [0.5, 0.6) is 5.75 Å². The first-order chi connectivity index (χ1) is 6.87. The van der Waals surface area contributed by atoms with Gasteiger partial charge in [0.2, 0.25) is 0 Å². The zero-order valence-electron chi connectivity index (χ0n) is 7.87. The predicted molar refractivity (Wildman–Crippen MR) is 50.8 cm³/mol. The van der Waals surface area contributed by atoms with Crippen molar-refractivity contribution < 1.29 is 21.9 Å². The molecule has 0 aliphatic heterocycles. The Balaban J connectivity index is 2.77. The third-order valence-electron chi connectivity index (χ3n) is 1.43. The van der Waals surface area contributed by atoms with E-state index in [0.717, 1.165) is 6.20 Å². The largest absolute Gasteiger partial charge is 0.446 e. The summed E-state index contributed by atoms with van der Waals surface area (Å²) in [5.74, 6) is -0.157. The average Bonchev–Trinajstić information content (AvgIpc) is 2.05. The van der Waals surface area contributed by atoms with E-state index in [9.17, 15) is 13.2 Å². The monoisotopic (exact) mass is 231 g/mol. The molecule has 7 heteroatoms. The minimum Gasteiger partial charge on any atom is -0.360 e. The van der Waals surface area contributed by atoms with Crippen LogP contribution in [0.3, 0.4) is 0 Å². The lowest BCUT2D eigenvalue weighted by Gasteiger charge is -2.01. The van der Waals surface area contributed by atoms with Gasteiger partial charge in [-0.05, 0) is 19.1 Å². The summed E-state index contributed by atoms with van der Waals surface area (Å²) in [6.45, 7) is 1.42. The minimum absolute atomic E-state index is 0.0500. The fourth-order valence-electron chi connectivity index (χ4n) is 0.941. The van der Waals surface area contributed by atoms with Crippen molar-refractivity contribution >= 4 is 16.2 Å². The summed E-state index contributed by atoms with van der Waals surface area (Å²) in [5.41, 5.74) is 0.505. The first-order valence-electron chi connectivity index (χ1n) is 3.98. The van der Waals surface area contributed by atoms with Crippen LogP contribution >= 0.6 is 0 Å². The van der Waals surface area contributed by atoms with Crippen molar-refractivity contribution in [2.24, 2.45) is 0 Å². The third-order valence-corrected chi connectivity index (χ3v) is 1.83. The van der Waals surface area contributed by atoms with Gasteiger partial charge >= 0.3 is 10.4 Å². The number of ketones is 1. The first-order valence-corrected chi connectivity index (χ1v) is 5.34. The molecule has 1 aromatic rings. The number of nitrogens with zero attached hydrogens (tertiary/aromatic N) is 1. The van der Waals surface area contributed by atoms with Crippen molar-refractivity contribution in [1.82, 2.24) is 4.98 Å². The maximum atomic E-state index is 10.7. The van der Waals surface area contributed by atoms with Crippen LogP contribution in [0.1, 0.15) is 12.6 Å². The summed E-state index contributed by atoms with van der Waals surface area (Å²) in [6, 6.07) is 2.75. The molecule has 0 aromatic carbocycles. The molecule has 0 unspecified atom stereocenters. The predicted octanol–water partition coefficient (Wildman–Crippen LogP) is 0.395. The van der Waals surface area contributed by atoms with Gasteiger partial charge in [-0.25, -0.2) is 0 Å². The van der Waals surface area contributed by atoms with Gasteiger partial charge in [-0.3, -0.25) is 14.3 Å². The molecule has 0 aliphatic rings. The van der Waals surface area contributed by atoms with Gasteiger partial charge in [0.25, 0.3) is 0 Å². The number of carbonyl (C=O) groups is 1. The number of Topliss-reactive ketones (excluding diaryl/α,β-unsaturated/α-hetero) is 1. The molecule has 1 aromatic heterocycles. The van der Waals surface area contributed by atoms with E-state index in [4.69, 9.17) is 4.55 Å². The number of hydrogen-bond donors (Lipinski definition) is 1. The van der Waals surface area contributed by atoms with Crippen LogP contribution < -0.4 is 4.18 Å². The summed E-state index contributed by atoms with van der Waals surface area (Å²) in [6.07, 6.45) is 1.29. The van der Waals surface area contributed by atoms with Crippen LogP contribution in [-0.2, 0) is 21.6 Å². The number of carbonyl (C=O) groups excluding carboxylic acids is 1. The van der Waals surface area contributed by atoms with Crippen molar-refractivity contribution in [2.75, 3.05) is 0 Å². The number of hydrogen-bond acceptors (Lipinski definition) is 5. The van der Waals surface area contributed by atoms with E-state index in [0.29, 0.717) is 5.69 Å².